The summed E-state index contributed by atoms with van der Waals surface area (Å²) in [6.45, 7) is 15.5. The topological polar surface area (TPSA) is 287 Å². The second kappa shape index (κ2) is 30.8. The van der Waals surface area contributed by atoms with Crippen molar-refractivity contribution in [2.45, 2.75) is 90.1 Å². The molecule has 3 unspecified atom stereocenters. The molecule has 0 saturated carbocycles. The van der Waals surface area contributed by atoms with Crippen molar-refractivity contribution < 1.29 is 110 Å². The van der Waals surface area contributed by atoms with Crippen molar-refractivity contribution in [1.29, 1.82) is 0 Å². The zero-order valence-corrected chi connectivity index (χ0v) is 44.5. The van der Waals surface area contributed by atoms with Gasteiger partial charge in [0.25, 0.3) is 0 Å². The average Bonchev–Trinajstić information content (AvgIpc) is 4.04. The van der Waals surface area contributed by atoms with E-state index in [1.165, 1.54) is 37.1 Å². The van der Waals surface area contributed by atoms with Crippen LogP contribution in [0.3, 0.4) is 0 Å². The van der Waals surface area contributed by atoms with E-state index < -0.39 is 23.1 Å². The van der Waals surface area contributed by atoms with Crippen molar-refractivity contribution >= 4 is 67.1 Å². The van der Waals surface area contributed by atoms with Crippen LogP contribution in [0.4, 0.5) is 11.4 Å². The number of nitrogens with zero attached hydrogens (tertiary/aromatic N) is 4. The minimum atomic E-state index is -0.964. The quantitative estimate of drug-likeness (QED) is 0.123. The van der Waals surface area contributed by atoms with E-state index in [4.69, 9.17) is 39.6 Å². The zero-order chi connectivity index (χ0) is 47.3. The first-order chi connectivity index (χ1) is 30.2. The van der Waals surface area contributed by atoms with Crippen LogP contribution in [0.2, 0.25) is 0 Å². The van der Waals surface area contributed by atoms with Gasteiger partial charge in [-0.15, -0.1) is 0 Å². The standard InChI is InChI=1S/C14H20N2O3.C10H12BrNO2.C10H12N2O3.C6H4BrNO2.C4H9NO.K.H2O/c1-14(2,3)19-13(17)10-6-12(8-15-7-10)16-11-4-5-18-9-11;1-10(2,3)14-9(13)7-4-8(11)6-12-5-7;13-10(14)7-3-9(5-11-4-7)12-8-1-2-15-6-8;7-5-1-4(6(9)10)2-8-3-5;5-4-1-2-6-3-4;;/h6-8,11,16H,4-5,9H2,1-3H3;4-6H,1-3H3;3-5,8,12H,1-2,6H2,(H,13,14);1-3H,(H,9,10);4H,1-3,5H2;;1H2/q;;;;;+1;/p-1. The summed E-state index contributed by atoms with van der Waals surface area (Å²) in [6.07, 6.45) is 15.1. The minimum Gasteiger partial charge on any atom is -0.870 e. The van der Waals surface area contributed by atoms with Gasteiger partial charge in [-0.1, -0.05) is 0 Å². The molecule has 7 heterocycles. The monoisotopic (exact) mass is 1070 g/mol. The Kier molecular flexibility index (Phi) is 28.2. The molecule has 0 radical (unpaired) electrons. The van der Waals surface area contributed by atoms with Crippen molar-refractivity contribution in [3.05, 3.63) is 105 Å². The van der Waals surface area contributed by atoms with E-state index in [1.54, 1.807) is 36.8 Å². The summed E-state index contributed by atoms with van der Waals surface area (Å²) in [6, 6.07) is 7.39. The maximum Gasteiger partial charge on any atom is 1.00 e. The molecule has 3 fully saturated rings. The molecule has 356 valence electrons. The molecule has 3 aliphatic heterocycles. The first kappa shape index (κ1) is 60.5. The van der Waals surface area contributed by atoms with Crippen LogP contribution in [0.5, 0.6) is 0 Å². The molecule has 22 heteroatoms. The molecule has 3 saturated heterocycles. The summed E-state index contributed by atoms with van der Waals surface area (Å²) in [5.41, 5.74) is 7.28. The second-order valence-electron chi connectivity index (χ2n) is 16.4. The third-order valence-electron chi connectivity index (χ3n) is 8.22. The Bertz CT molecular complexity index is 2110. The molecule has 66 heavy (non-hydrogen) atoms. The smallest absolute Gasteiger partial charge is 0.870 e. The summed E-state index contributed by atoms with van der Waals surface area (Å²) < 4.78 is 27.4. The van der Waals surface area contributed by atoms with E-state index >= 15 is 0 Å². The maximum atomic E-state index is 11.9. The maximum absolute atomic E-state index is 11.9. The number of halogens is 2. The minimum absolute atomic E-state index is 0. The molecule has 0 amide bonds. The predicted molar refractivity (Wildman–Crippen MR) is 248 cm³/mol. The molecule has 0 aromatic carbocycles. The summed E-state index contributed by atoms with van der Waals surface area (Å²) in [5.74, 6) is -2.64. The number of hydrogen-bond donors (Lipinski definition) is 5. The molecule has 4 aromatic rings. The summed E-state index contributed by atoms with van der Waals surface area (Å²) in [7, 11) is 0. The van der Waals surface area contributed by atoms with Gasteiger partial charge in [0, 0.05) is 84.4 Å². The molecule has 0 aliphatic carbocycles. The number of anilines is 2. The molecule has 4 aromatic heterocycles. The van der Waals surface area contributed by atoms with Crippen molar-refractivity contribution in [3.8, 4) is 0 Å². The fraction of sp³-hybridized carbons (Fsp3) is 0.455. The molecule has 3 atom stereocenters. The Morgan fingerprint density at radius 3 is 1.26 bits per heavy atom. The van der Waals surface area contributed by atoms with Gasteiger partial charge in [0.1, 0.15) is 11.2 Å². The number of nitrogens with one attached hydrogen (secondary N) is 2. The predicted octanol–water partition coefficient (Wildman–Crippen LogP) is 4.12. The largest absolute Gasteiger partial charge is 1.00 e. The van der Waals surface area contributed by atoms with Crippen LogP contribution in [0, 0.1) is 0 Å². The SMILES string of the molecule is CC(C)(C)OC(=O)c1cncc(Br)c1.CC(C)(C)OC(=O)c1cncc(NC2CCOC2)c1.NC1CCOC1.O=C(O)c1cncc(Br)c1.O=C(O)c1cncc(NC2CCOC2)c1.[K+].[OH-]. The number of carboxylic acids is 2. The molecular formula is C44H58Br2KN7O12. The molecule has 7 N–H and O–H groups in total. The fourth-order valence-corrected chi connectivity index (χ4v) is 6.04. The van der Waals surface area contributed by atoms with Gasteiger partial charge in [0.15, 0.2) is 0 Å². The number of aromatic nitrogens is 4. The Hall–Kier alpha value is -3.52. The number of ether oxygens (including phenoxy) is 5. The Balaban J connectivity index is 0.000000425. The van der Waals surface area contributed by atoms with Crippen molar-refractivity contribution in [2.24, 2.45) is 5.73 Å². The number of carboxylic acid groups (broad SMARTS) is 2. The fourth-order valence-electron chi connectivity index (χ4n) is 5.31. The zero-order valence-electron chi connectivity index (χ0n) is 38.2. The number of aromatic carboxylic acids is 2. The molecule has 3 aliphatic rings. The third-order valence-corrected chi connectivity index (χ3v) is 9.08. The van der Waals surface area contributed by atoms with Crippen LogP contribution in [-0.2, 0) is 23.7 Å². The van der Waals surface area contributed by atoms with Gasteiger partial charge in [0.2, 0.25) is 0 Å². The first-order valence-electron chi connectivity index (χ1n) is 20.2. The van der Waals surface area contributed by atoms with Crippen molar-refractivity contribution in [2.75, 3.05) is 50.3 Å². The van der Waals surface area contributed by atoms with Gasteiger partial charge >= 0.3 is 75.3 Å². The number of rotatable bonds is 8. The Morgan fingerprint density at radius 1 is 0.591 bits per heavy atom. The number of carbonyl (C=O) groups is 4. The van der Waals surface area contributed by atoms with E-state index in [0.717, 1.165) is 61.5 Å². The van der Waals surface area contributed by atoms with Crippen LogP contribution in [-0.4, -0.2) is 128 Å². The van der Waals surface area contributed by atoms with E-state index in [9.17, 15) is 19.2 Å². The van der Waals surface area contributed by atoms with Gasteiger partial charge in [-0.2, -0.15) is 0 Å². The van der Waals surface area contributed by atoms with E-state index in [-0.39, 0.29) is 92.0 Å². The molecule has 0 bridgehead atoms. The Labute approximate surface area is 444 Å². The van der Waals surface area contributed by atoms with E-state index in [2.05, 4.69) is 62.4 Å². The van der Waals surface area contributed by atoms with E-state index in [1.807, 2.05) is 41.5 Å². The number of pyridine rings is 4. The number of nitrogens with two attached hydrogens (primary N) is 1. The molecular weight excluding hydrogens is 1020 g/mol. The Morgan fingerprint density at radius 2 is 0.939 bits per heavy atom. The summed E-state index contributed by atoms with van der Waals surface area (Å²) in [5, 5.41) is 23.7. The summed E-state index contributed by atoms with van der Waals surface area (Å²) in [4.78, 5) is 60.0. The number of hydrogen-bond acceptors (Lipinski definition) is 17. The van der Waals surface area contributed by atoms with Crippen LogP contribution in [0.25, 0.3) is 0 Å². The van der Waals surface area contributed by atoms with Crippen molar-refractivity contribution in [1.82, 2.24) is 19.9 Å². The van der Waals surface area contributed by atoms with Gasteiger partial charge in [-0.3, -0.25) is 19.9 Å². The number of esters is 2. The first-order valence-corrected chi connectivity index (χ1v) is 21.8. The van der Waals surface area contributed by atoms with Gasteiger partial charge < -0.3 is 55.7 Å². The van der Waals surface area contributed by atoms with E-state index in [0.29, 0.717) is 34.9 Å². The molecule has 0 spiro atoms. The normalized spacial score (nSPS) is 17.0. The van der Waals surface area contributed by atoms with Crippen LogP contribution >= 0.6 is 31.9 Å². The van der Waals surface area contributed by atoms with Gasteiger partial charge in [0.05, 0.1) is 65.5 Å². The molecule has 19 nitrogen and oxygen atoms in total. The molecule has 7 rings (SSSR count). The van der Waals surface area contributed by atoms with Crippen LogP contribution in [0.15, 0.2) is 82.8 Å². The summed E-state index contributed by atoms with van der Waals surface area (Å²) >= 11 is 6.34. The second-order valence-corrected chi connectivity index (χ2v) is 18.2. The third kappa shape index (κ3) is 25.6. The van der Waals surface area contributed by atoms with Gasteiger partial charge in [-0.05, 0) is 117 Å². The van der Waals surface area contributed by atoms with Crippen molar-refractivity contribution in [3.63, 3.8) is 0 Å². The van der Waals surface area contributed by atoms with Crippen LogP contribution < -0.4 is 67.8 Å². The van der Waals surface area contributed by atoms with Gasteiger partial charge in [-0.25, -0.2) is 19.2 Å². The number of carbonyl (C=O) groups excluding carboxylic acids is 2. The van der Waals surface area contributed by atoms with Crippen LogP contribution in [0.1, 0.15) is 102 Å². The average molecular weight is 1080 g/mol.